The number of nitrogens with one attached hydrogen (secondary N) is 2. The van der Waals surface area contributed by atoms with Gasteiger partial charge in [0.1, 0.15) is 5.75 Å². The van der Waals surface area contributed by atoms with Crippen molar-refractivity contribution in [2.45, 2.75) is 26.3 Å². The maximum absolute atomic E-state index is 12.5. The van der Waals surface area contributed by atoms with Crippen molar-refractivity contribution in [2.75, 3.05) is 11.9 Å². The molecule has 8 heteroatoms. The molecule has 0 saturated carbocycles. The van der Waals surface area contributed by atoms with E-state index in [1.165, 1.54) is 12.1 Å². The Labute approximate surface area is 203 Å². The molecule has 0 atom stereocenters. The monoisotopic (exact) mass is 480 g/mol. The van der Waals surface area contributed by atoms with Crippen LogP contribution in [0.1, 0.15) is 34.8 Å². The Morgan fingerprint density at radius 1 is 0.912 bits per heavy atom. The Hall–Kier alpha value is -3.84. The van der Waals surface area contributed by atoms with Gasteiger partial charge in [0.25, 0.3) is 5.91 Å². The predicted molar refractivity (Wildman–Crippen MR) is 130 cm³/mol. The van der Waals surface area contributed by atoms with E-state index in [4.69, 9.17) is 21.1 Å². The van der Waals surface area contributed by atoms with Gasteiger partial charge in [-0.15, -0.1) is 0 Å². The second-order valence-corrected chi connectivity index (χ2v) is 7.81. The van der Waals surface area contributed by atoms with Crippen molar-refractivity contribution in [2.24, 2.45) is 0 Å². The summed E-state index contributed by atoms with van der Waals surface area (Å²) in [6, 6.07) is 20.8. The van der Waals surface area contributed by atoms with Gasteiger partial charge in [0.2, 0.25) is 5.91 Å². The van der Waals surface area contributed by atoms with Crippen molar-refractivity contribution >= 4 is 35.3 Å². The van der Waals surface area contributed by atoms with Crippen LogP contribution >= 0.6 is 11.6 Å². The number of anilines is 1. The van der Waals surface area contributed by atoms with Gasteiger partial charge in [-0.1, -0.05) is 35.9 Å². The van der Waals surface area contributed by atoms with Crippen LogP contribution in [0.2, 0.25) is 5.02 Å². The number of halogens is 1. The van der Waals surface area contributed by atoms with Gasteiger partial charge in [-0.25, -0.2) is 4.79 Å². The second kappa shape index (κ2) is 12.4. The normalized spacial score (nSPS) is 10.3. The molecule has 0 radical (unpaired) electrons. The van der Waals surface area contributed by atoms with Crippen molar-refractivity contribution < 1.29 is 23.9 Å². The first kappa shape index (κ1) is 24.8. The Bertz CT molecular complexity index is 1150. The number of rotatable bonds is 9. The smallest absolute Gasteiger partial charge is 0.434 e. The highest BCUT2D eigenvalue weighted by Crippen LogP contribution is 2.16. The lowest BCUT2D eigenvalue weighted by molar-refractivity contribution is -0.121. The first-order valence-electron chi connectivity index (χ1n) is 10.8. The Balaban J connectivity index is 1.49. The summed E-state index contributed by atoms with van der Waals surface area (Å²) in [6.07, 6.45) is 0.159. The number of aryl methyl sites for hydroxylation is 1. The number of amides is 2. The van der Waals surface area contributed by atoms with Gasteiger partial charge in [-0.2, -0.15) is 0 Å². The third kappa shape index (κ3) is 7.94. The molecule has 0 saturated heterocycles. The molecule has 0 aromatic heterocycles. The van der Waals surface area contributed by atoms with Crippen LogP contribution in [0.25, 0.3) is 0 Å². The van der Waals surface area contributed by atoms with E-state index >= 15 is 0 Å². The molecule has 3 rings (SSSR count). The standard InChI is InChI=1S/C26H25ClN2O5/c1-2-33-26(32)34-23-12-10-20(11-13-23)25(31)29-22-8-4-6-19(16-22)17-28-24(30)14-9-18-5-3-7-21(27)15-18/h3-8,10-13,15-16H,2,9,14,17H2,1H3,(H,28,30)(H,29,31). The zero-order valence-corrected chi connectivity index (χ0v) is 19.4. The van der Waals surface area contributed by atoms with Crippen LogP contribution in [-0.2, 0) is 22.5 Å². The van der Waals surface area contributed by atoms with Crippen LogP contribution in [0.3, 0.4) is 0 Å². The predicted octanol–water partition coefficient (Wildman–Crippen LogP) is 5.38. The van der Waals surface area contributed by atoms with E-state index in [0.717, 1.165) is 11.1 Å². The summed E-state index contributed by atoms with van der Waals surface area (Å²) in [5, 5.41) is 6.36. The molecule has 2 amide bonds. The van der Waals surface area contributed by atoms with E-state index in [9.17, 15) is 14.4 Å². The summed E-state index contributed by atoms with van der Waals surface area (Å²) in [5.41, 5.74) is 2.86. The summed E-state index contributed by atoms with van der Waals surface area (Å²) in [7, 11) is 0. The first-order chi connectivity index (χ1) is 16.4. The topological polar surface area (TPSA) is 93.7 Å². The van der Waals surface area contributed by atoms with Crippen molar-refractivity contribution in [3.63, 3.8) is 0 Å². The molecule has 7 nitrogen and oxygen atoms in total. The van der Waals surface area contributed by atoms with Crippen molar-refractivity contribution in [3.05, 3.63) is 94.5 Å². The number of benzene rings is 3. The molecule has 0 fully saturated rings. The molecule has 0 heterocycles. The van der Waals surface area contributed by atoms with Crippen LogP contribution in [0.4, 0.5) is 10.5 Å². The fraction of sp³-hybridized carbons (Fsp3) is 0.192. The lowest BCUT2D eigenvalue weighted by Gasteiger charge is -2.10. The number of ether oxygens (including phenoxy) is 2. The third-order valence-corrected chi connectivity index (χ3v) is 5.02. The maximum Gasteiger partial charge on any atom is 0.513 e. The van der Waals surface area contributed by atoms with E-state index in [-0.39, 0.29) is 24.2 Å². The van der Waals surface area contributed by atoms with E-state index < -0.39 is 6.16 Å². The molecule has 0 bridgehead atoms. The minimum Gasteiger partial charge on any atom is -0.434 e. The largest absolute Gasteiger partial charge is 0.513 e. The molecule has 2 N–H and O–H groups in total. The summed E-state index contributed by atoms with van der Waals surface area (Å²) in [4.78, 5) is 36.1. The Kier molecular flexibility index (Phi) is 9.05. The lowest BCUT2D eigenvalue weighted by atomic mass is 10.1. The van der Waals surface area contributed by atoms with Crippen molar-refractivity contribution in [3.8, 4) is 5.75 Å². The zero-order chi connectivity index (χ0) is 24.3. The highest BCUT2D eigenvalue weighted by molar-refractivity contribution is 6.30. The molecule has 0 spiro atoms. The number of carbonyl (C=O) groups is 3. The SMILES string of the molecule is CCOC(=O)Oc1ccc(C(=O)Nc2cccc(CNC(=O)CCc3cccc(Cl)c3)c2)cc1. The summed E-state index contributed by atoms with van der Waals surface area (Å²) in [6.45, 7) is 2.24. The number of carbonyl (C=O) groups excluding carboxylic acids is 3. The highest BCUT2D eigenvalue weighted by Gasteiger charge is 2.10. The minimum absolute atomic E-state index is 0.0699. The molecule has 34 heavy (non-hydrogen) atoms. The lowest BCUT2D eigenvalue weighted by Crippen LogP contribution is -2.23. The van der Waals surface area contributed by atoms with Gasteiger partial charge in [-0.3, -0.25) is 9.59 Å². The van der Waals surface area contributed by atoms with Gasteiger partial charge in [-0.05, 0) is 73.0 Å². The quantitative estimate of drug-likeness (QED) is 0.317. The molecular weight excluding hydrogens is 456 g/mol. The zero-order valence-electron chi connectivity index (χ0n) is 18.7. The molecule has 176 valence electrons. The summed E-state index contributed by atoms with van der Waals surface area (Å²) in [5.74, 6) is -0.104. The van der Waals surface area contributed by atoms with E-state index in [1.54, 1.807) is 43.3 Å². The van der Waals surface area contributed by atoms with Crippen LogP contribution in [-0.4, -0.2) is 24.6 Å². The summed E-state index contributed by atoms with van der Waals surface area (Å²) < 4.78 is 9.70. The Morgan fingerprint density at radius 3 is 2.38 bits per heavy atom. The molecule has 0 aliphatic heterocycles. The average molecular weight is 481 g/mol. The molecule has 0 unspecified atom stereocenters. The molecule has 0 aliphatic rings. The Morgan fingerprint density at radius 2 is 1.65 bits per heavy atom. The first-order valence-corrected chi connectivity index (χ1v) is 11.2. The van der Waals surface area contributed by atoms with Crippen LogP contribution in [0.15, 0.2) is 72.8 Å². The van der Waals surface area contributed by atoms with Crippen LogP contribution in [0, 0.1) is 0 Å². The minimum atomic E-state index is -0.798. The number of hydrogen-bond acceptors (Lipinski definition) is 5. The molecule has 3 aromatic rings. The van der Waals surface area contributed by atoms with Gasteiger partial charge in [0.05, 0.1) is 6.61 Å². The highest BCUT2D eigenvalue weighted by atomic mass is 35.5. The van der Waals surface area contributed by atoms with E-state index in [1.807, 2.05) is 24.3 Å². The van der Waals surface area contributed by atoms with Gasteiger partial charge in [0.15, 0.2) is 0 Å². The summed E-state index contributed by atoms with van der Waals surface area (Å²) >= 11 is 5.97. The number of hydrogen-bond donors (Lipinski definition) is 2. The fourth-order valence-corrected chi connectivity index (χ4v) is 3.33. The fourth-order valence-electron chi connectivity index (χ4n) is 3.12. The van der Waals surface area contributed by atoms with Gasteiger partial charge < -0.3 is 20.1 Å². The van der Waals surface area contributed by atoms with Crippen molar-refractivity contribution in [1.82, 2.24) is 5.32 Å². The van der Waals surface area contributed by atoms with E-state index in [0.29, 0.717) is 35.7 Å². The third-order valence-electron chi connectivity index (χ3n) is 4.78. The van der Waals surface area contributed by atoms with E-state index in [2.05, 4.69) is 10.6 Å². The van der Waals surface area contributed by atoms with Gasteiger partial charge >= 0.3 is 6.16 Å². The average Bonchev–Trinajstić information content (AvgIpc) is 2.82. The second-order valence-electron chi connectivity index (χ2n) is 7.37. The maximum atomic E-state index is 12.5. The van der Waals surface area contributed by atoms with Crippen LogP contribution in [0.5, 0.6) is 5.75 Å². The van der Waals surface area contributed by atoms with Gasteiger partial charge in [0, 0.05) is 29.2 Å². The molecule has 0 aliphatic carbocycles. The van der Waals surface area contributed by atoms with Crippen molar-refractivity contribution in [1.29, 1.82) is 0 Å². The molecular formula is C26H25ClN2O5. The molecule has 3 aromatic carbocycles. The van der Waals surface area contributed by atoms with Crippen LogP contribution < -0.4 is 15.4 Å².